The molecule has 0 unspecified atom stereocenters. The van der Waals surface area contributed by atoms with E-state index in [1.807, 2.05) is 49.2 Å². The van der Waals surface area contributed by atoms with E-state index in [1.165, 1.54) is 6.21 Å². The lowest BCUT2D eigenvalue weighted by molar-refractivity contribution is 0.304. The predicted molar refractivity (Wildman–Crippen MR) is 101 cm³/mol. The minimum Gasteiger partial charge on any atom is -0.395 e. The van der Waals surface area contributed by atoms with Crippen molar-refractivity contribution in [2.24, 2.45) is 5.10 Å². The van der Waals surface area contributed by atoms with Gasteiger partial charge in [0.1, 0.15) is 0 Å². The van der Waals surface area contributed by atoms with Crippen molar-refractivity contribution in [3.05, 3.63) is 59.2 Å². The van der Waals surface area contributed by atoms with E-state index in [-0.39, 0.29) is 11.5 Å². The smallest absolute Gasteiger partial charge is 0.276 e. The molecule has 2 N–H and O–H groups in total. The number of hydrogen-bond donors (Lipinski definition) is 2. The molecule has 0 aliphatic heterocycles. The van der Waals surface area contributed by atoms with Crippen molar-refractivity contribution in [3.8, 4) is 0 Å². The molecule has 2 aromatic carbocycles. The number of aliphatic hydroxyl groups is 1. The molecule has 0 atom stereocenters. The quantitative estimate of drug-likeness (QED) is 0.584. The molecule has 0 bridgehead atoms. The van der Waals surface area contributed by atoms with Crippen LogP contribution in [0.1, 0.15) is 16.7 Å². The van der Waals surface area contributed by atoms with Crippen molar-refractivity contribution < 1.29 is 13.5 Å². The van der Waals surface area contributed by atoms with Gasteiger partial charge in [0.2, 0.25) is 0 Å². The van der Waals surface area contributed by atoms with Crippen LogP contribution in [0.5, 0.6) is 0 Å². The molecule has 0 aliphatic rings. The summed E-state index contributed by atoms with van der Waals surface area (Å²) in [6.07, 6.45) is 1.46. The topological polar surface area (TPSA) is 82.0 Å². The number of aryl methyl sites for hydroxylation is 2. The molecule has 134 valence electrons. The van der Waals surface area contributed by atoms with Crippen molar-refractivity contribution in [2.75, 3.05) is 25.1 Å². The van der Waals surface area contributed by atoms with Gasteiger partial charge in [0.05, 0.1) is 17.7 Å². The predicted octanol–water partition coefficient (Wildman–Crippen LogP) is 2.04. The number of anilines is 1. The molecular weight excluding hydrogens is 338 g/mol. The van der Waals surface area contributed by atoms with Crippen molar-refractivity contribution >= 4 is 21.9 Å². The number of sulfonamides is 1. The van der Waals surface area contributed by atoms with Crippen LogP contribution < -0.4 is 9.73 Å². The van der Waals surface area contributed by atoms with E-state index in [0.717, 1.165) is 16.8 Å². The van der Waals surface area contributed by atoms with E-state index in [9.17, 15) is 8.42 Å². The Bertz CT molecular complexity index is 846. The Morgan fingerprint density at radius 3 is 2.48 bits per heavy atom. The summed E-state index contributed by atoms with van der Waals surface area (Å²) in [7, 11) is -1.81. The SMILES string of the molecule is Cc1ccc(C)c(S(=O)(=O)N/N=C\c2ccc(N(C)CCO)cc2)c1. The molecule has 0 saturated heterocycles. The Kier molecular flexibility index (Phi) is 6.17. The standard InChI is InChI=1S/C18H23N3O3S/c1-14-4-5-15(2)18(12-14)25(23,24)20-19-13-16-6-8-17(9-7-16)21(3)10-11-22/h4-9,12-13,20,22H,10-11H2,1-3H3/b19-13-. The highest BCUT2D eigenvalue weighted by Crippen LogP contribution is 2.16. The van der Waals surface area contributed by atoms with Crippen LogP contribution in [0, 0.1) is 13.8 Å². The van der Waals surface area contributed by atoms with E-state index < -0.39 is 10.0 Å². The Morgan fingerprint density at radius 2 is 1.84 bits per heavy atom. The second-order valence-corrected chi connectivity index (χ2v) is 7.49. The van der Waals surface area contributed by atoms with Gasteiger partial charge in [0.15, 0.2) is 0 Å². The van der Waals surface area contributed by atoms with Gasteiger partial charge in [0, 0.05) is 19.3 Å². The number of aliphatic hydroxyl groups excluding tert-OH is 1. The number of hydrazone groups is 1. The van der Waals surface area contributed by atoms with Crippen LogP contribution in [0.3, 0.4) is 0 Å². The molecule has 0 fully saturated rings. The molecule has 25 heavy (non-hydrogen) atoms. The van der Waals surface area contributed by atoms with Crippen LogP contribution in [-0.4, -0.2) is 39.9 Å². The van der Waals surface area contributed by atoms with Gasteiger partial charge in [-0.3, -0.25) is 0 Å². The maximum atomic E-state index is 12.4. The van der Waals surface area contributed by atoms with Gasteiger partial charge >= 0.3 is 0 Å². The maximum Gasteiger partial charge on any atom is 0.276 e. The fourth-order valence-corrected chi connectivity index (χ4v) is 3.43. The lowest BCUT2D eigenvalue weighted by Crippen LogP contribution is -2.21. The van der Waals surface area contributed by atoms with E-state index in [2.05, 4.69) is 9.93 Å². The number of nitrogens with one attached hydrogen (secondary N) is 1. The van der Waals surface area contributed by atoms with Crippen molar-refractivity contribution in [2.45, 2.75) is 18.7 Å². The second-order valence-electron chi connectivity index (χ2n) is 5.86. The molecule has 0 spiro atoms. The Balaban J connectivity index is 2.08. The first-order valence-electron chi connectivity index (χ1n) is 7.87. The number of nitrogens with zero attached hydrogens (tertiary/aromatic N) is 2. The molecule has 6 nitrogen and oxygen atoms in total. The molecule has 0 saturated carbocycles. The summed E-state index contributed by atoms with van der Waals surface area (Å²) in [5.74, 6) is 0. The zero-order valence-electron chi connectivity index (χ0n) is 14.6. The molecule has 0 aromatic heterocycles. The van der Waals surface area contributed by atoms with E-state index in [4.69, 9.17) is 5.11 Å². The normalized spacial score (nSPS) is 11.7. The highest BCUT2D eigenvalue weighted by molar-refractivity contribution is 7.89. The first kappa shape index (κ1) is 19.0. The monoisotopic (exact) mass is 361 g/mol. The zero-order chi connectivity index (χ0) is 18.4. The summed E-state index contributed by atoms with van der Waals surface area (Å²) in [4.78, 5) is 4.40. The third-order valence-electron chi connectivity index (χ3n) is 3.79. The van der Waals surface area contributed by atoms with Gasteiger partial charge in [0.25, 0.3) is 10.0 Å². The highest BCUT2D eigenvalue weighted by atomic mass is 32.2. The third-order valence-corrected chi connectivity index (χ3v) is 5.15. The lowest BCUT2D eigenvalue weighted by Gasteiger charge is -2.17. The van der Waals surface area contributed by atoms with Gasteiger partial charge < -0.3 is 10.0 Å². The Morgan fingerprint density at radius 1 is 1.16 bits per heavy atom. The molecule has 2 rings (SSSR count). The van der Waals surface area contributed by atoms with Gasteiger partial charge in [-0.05, 0) is 48.7 Å². The first-order chi connectivity index (χ1) is 11.8. The fraction of sp³-hybridized carbons (Fsp3) is 0.278. The average Bonchev–Trinajstić information content (AvgIpc) is 2.57. The summed E-state index contributed by atoms with van der Waals surface area (Å²) >= 11 is 0. The van der Waals surface area contributed by atoms with Gasteiger partial charge in [-0.15, -0.1) is 0 Å². The molecule has 2 aromatic rings. The van der Waals surface area contributed by atoms with Crippen LogP contribution in [-0.2, 0) is 10.0 Å². The highest BCUT2D eigenvalue weighted by Gasteiger charge is 2.15. The third kappa shape index (κ3) is 5.04. The summed E-state index contributed by atoms with van der Waals surface area (Å²) in [6.45, 7) is 4.22. The van der Waals surface area contributed by atoms with Gasteiger partial charge in [-0.25, -0.2) is 4.83 Å². The fourth-order valence-electron chi connectivity index (χ4n) is 2.31. The van der Waals surface area contributed by atoms with E-state index in [1.54, 1.807) is 19.1 Å². The van der Waals surface area contributed by atoms with Crippen LogP contribution in [0.25, 0.3) is 0 Å². The van der Waals surface area contributed by atoms with Crippen molar-refractivity contribution in [1.29, 1.82) is 0 Å². The number of likely N-dealkylation sites (N-methyl/N-ethyl adjacent to an activating group) is 1. The number of benzene rings is 2. The van der Waals surface area contributed by atoms with E-state index in [0.29, 0.717) is 12.1 Å². The van der Waals surface area contributed by atoms with E-state index >= 15 is 0 Å². The van der Waals surface area contributed by atoms with Crippen LogP contribution in [0.4, 0.5) is 5.69 Å². The molecule has 0 amide bonds. The minimum absolute atomic E-state index is 0.0832. The summed E-state index contributed by atoms with van der Waals surface area (Å²) in [6, 6.07) is 12.7. The largest absolute Gasteiger partial charge is 0.395 e. The maximum absolute atomic E-state index is 12.4. The summed E-state index contributed by atoms with van der Waals surface area (Å²) in [5, 5.41) is 12.8. The number of hydrogen-bond acceptors (Lipinski definition) is 5. The summed E-state index contributed by atoms with van der Waals surface area (Å²) in [5.41, 5.74) is 3.27. The van der Waals surface area contributed by atoms with Gasteiger partial charge in [-0.2, -0.15) is 13.5 Å². The Labute approximate surface area is 148 Å². The first-order valence-corrected chi connectivity index (χ1v) is 9.36. The Hall–Kier alpha value is -2.38. The molecule has 0 radical (unpaired) electrons. The molecule has 7 heteroatoms. The summed E-state index contributed by atoms with van der Waals surface area (Å²) < 4.78 is 24.7. The lowest BCUT2D eigenvalue weighted by atomic mass is 10.2. The number of rotatable bonds is 7. The van der Waals surface area contributed by atoms with Gasteiger partial charge in [-0.1, -0.05) is 24.3 Å². The average molecular weight is 361 g/mol. The minimum atomic E-state index is -3.70. The second kappa shape index (κ2) is 8.13. The van der Waals surface area contributed by atoms with Crippen LogP contribution >= 0.6 is 0 Å². The molecule has 0 heterocycles. The van der Waals surface area contributed by atoms with Crippen molar-refractivity contribution in [3.63, 3.8) is 0 Å². The molecular formula is C18H23N3O3S. The molecule has 0 aliphatic carbocycles. The zero-order valence-corrected chi connectivity index (χ0v) is 15.4. The van der Waals surface area contributed by atoms with Crippen molar-refractivity contribution in [1.82, 2.24) is 4.83 Å². The van der Waals surface area contributed by atoms with Crippen LogP contribution in [0.2, 0.25) is 0 Å². The van der Waals surface area contributed by atoms with Crippen LogP contribution in [0.15, 0.2) is 52.5 Å².